The maximum absolute atomic E-state index is 13.0. The topological polar surface area (TPSA) is 254 Å². The number of aryl methyl sites for hydroxylation is 6. The monoisotopic (exact) mass is 1330 g/mol. The van der Waals surface area contributed by atoms with Gasteiger partial charge in [0.2, 0.25) is 35.4 Å². The number of alkyl halides is 1. The van der Waals surface area contributed by atoms with Crippen molar-refractivity contribution in [2.45, 2.75) is 165 Å². The first kappa shape index (κ1) is 72.0. The highest BCUT2D eigenvalue weighted by Crippen LogP contribution is 2.35. The van der Waals surface area contributed by atoms with Crippen LogP contribution in [0.1, 0.15) is 193 Å². The molecule has 0 spiro atoms. The number of benzene rings is 6. The molecule has 0 aliphatic heterocycles. The molecular formula is C77H96ClN9O9. The summed E-state index contributed by atoms with van der Waals surface area (Å²) in [6, 6.07) is 50.1. The second-order valence-corrected chi connectivity index (χ2v) is 26.2. The quantitative estimate of drug-likeness (QED) is 0.00830. The van der Waals surface area contributed by atoms with Crippen LogP contribution in [-0.2, 0) is 76.8 Å². The molecule has 0 saturated heterocycles. The molecule has 0 saturated carbocycles. The lowest BCUT2D eigenvalue weighted by Gasteiger charge is -2.24. The number of esters is 1. The summed E-state index contributed by atoms with van der Waals surface area (Å²) in [5.74, 6) is -0.966. The third-order valence-electron chi connectivity index (χ3n) is 19.2. The van der Waals surface area contributed by atoms with Gasteiger partial charge in [0.25, 0.3) is 0 Å². The van der Waals surface area contributed by atoms with Gasteiger partial charge in [-0.25, -0.2) is 5.48 Å². The van der Waals surface area contributed by atoms with Crippen molar-refractivity contribution in [2.24, 2.45) is 5.73 Å². The summed E-state index contributed by atoms with van der Waals surface area (Å²) >= 11 is 5.45. The van der Waals surface area contributed by atoms with Crippen LogP contribution in [0.3, 0.4) is 0 Å². The van der Waals surface area contributed by atoms with Gasteiger partial charge >= 0.3 is 5.97 Å². The Bertz CT molecular complexity index is 3270. The number of hydrogen-bond acceptors (Lipinski definition) is 12. The number of halogens is 1. The first-order valence-electron chi connectivity index (χ1n) is 34.4. The molecule has 0 aromatic heterocycles. The van der Waals surface area contributed by atoms with Gasteiger partial charge in [-0.15, -0.1) is 11.6 Å². The summed E-state index contributed by atoms with van der Waals surface area (Å²) in [4.78, 5) is 89.4. The van der Waals surface area contributed by atoms with E-state index in [0.29, 0.717) is 32.0 Å². The van der Waals surface area contributed by atoms with E-state index >= 15 is 0 Å². The van der Waals surface area contributed by atoms with Crippen LogP contribution in [-0.4, -0.2) is 109 Å². The van der Waals surface area contributed by atoms with Crippen molar-refractivity contribution >= 4 is 53.0 Å². The highest BCUT2D eigenvalue weighted by Gasteiger charge is 2.30. The zero-order valence-electron chi connectivity index (χ0n) is 55.5. The lowest BCUT2D eigenvalue weighted by Crippen LogP contribution is -2.44. The minimum atomic E-state index is -0.403. The number of nitrogens with zero attached hydrogens (tertiary/aromatic N) is 2. The molecule has 6 amide bonds. The molecule has 9 N–H and O–H groups in total. The Kier molecular flexibility index (Phi) is 28.0. The van der Waals surface area contributed by atoms with Gasteiger partial charge in [-0.1, -0.05) is 158 Å². The molecule has 510 valence electrons. The van der Waals surface area contributed by atoms with Crippen LogP contribution in [0.2, 0.25) is 0 Å². The molecule has 18 nitrogen and oxygen atoms in total. The maximum Gasteiger partial charge on any atom is 0.305 e. The van der Waals surface area contributed by atoms with Gasteiger partial charge in [-0.3, -0.25) is 48.6 Å². The lowest BCUT2D eigenvalue weighted by molar-refractivity contribution is -0.140. The second-order valence-electron chi connectivity index (χ2n) is 25.9. The molecule has 0 radical (unpaired) electrons. The van der Waals surface area contributed by atoms with Crippen molar-refractivity contribution in [2.75, 3.05) is 52.3 Å². The highest BCUT2D eigenvalue weighted by molar-refractivity contribution is 6.27. The fourth-order valence-electron chi connectivity index (χ4n) is 14.3. The predicted octanol–water partition coefficient (Wildman–Crippen LogP) is 10.3. The number of carbonyl (C=O) groups is 7. The van der Waals surface area contributed by atoms with Crippen molar-refractivity contribution in [3.05, 3.63) is 212 Å². The largest absolute Gasteiger partial charge is 0.469 e. The fourth-order valence-corrected chi connectivity index (χ4v) is 14.4. The maximum atomic E-state index is 13.0. The molecule has 6 aliphatic rings. The van der Waals surface area contributed by atoms with Crippen molar-refractivity contribution in [3.8, 4) is 0 Å². The summed E-state index contributed by atoms with van der Waals surface area (Å²) in [7, 11) is 1.40. The molecule has 6 aliphatic carbocycles. The Labute approximate surface area is 570 Å². The van der Waals surface area contributed by atoms with E-state index < -0.39 is 5.91 Å². The number of unbranched alkanes of at least 4 members (excludes halogenated alkanes) is 4. The molecule has 0 heterocycles. The van der Waals surface area contributed by atoms with E-state index in [1.165, 1.54) is 73.9 Å². The molecule has 0 bridgehead atoms. The molecule has 6 atom stereocenters. The Morgan fingerprint density at radius 1 is 0.396 bits per heavy atom. The summed E-state index contributed by atoms with van der Waals surface area (Å²) in [6.45, 7) is 1.82. The standard InChI is InChI=1S/C29H37N3O4.C28H36N4O4.C11H12ClNO.C9H11N/c1-36-29(35)13-3-2-8-18-32(19-27(33)30-25-16-14-21-9-4-6-11-23(21)25)20-28(34)31-26-17-15-22-10-5-7-12-24(22)26;33-26(31-36)12-2-1-7-17-32(18-27(34)29-24-15-13-20-8-3-5-10-22(20)24)19-28(35)30-25-16-14-21-9-4-6-11-23(21)25;12-7-11(14)13-10-6-5-8-3-1-2-4-9(8)10;10-9-6-5-7-3-1-2-4-8(7)9/h4-7,9-12,25-26H,2-3,8,13-20H2,1H3,(H,30,33)(H,31,34);3-6,8-11,24-25,36H,1-2,7,12-19H2,(H,29,34)(H,30,35)(H,31,33);1-4,10H,5-7H2,(H,13,14);1-4,9H,5-6,10H2. The van der Waals surface area contributed by atoms with E-state index in [4.69, 9.17) is 27.3 Å². The van der Waals surface area contributed by atoms with Crippen LogP contribution in [0.5, 0.6) is 0 Å². The van der Waals surface area contributed by atoms with E-state index in [-0.39, 0.29) is 104 Å². The number of amides is 6. The van der Waals surface area contributed by atoms with Crippen LogP contribution < -0.4 is 37.8 Å². The smallest absolute Gasteiger partial charge is 0.305 e. The summed E-state index contributed by atoms with van der Waals surface area (Å²) in [5, 5.41) is 24.2. The molecule has 6 aromatic carbocycles. The van der Waals surface area contributed by atoms with Gasteiger partial charge in [-0.05, 0) is 183 Å². The zero-order valence-corrected chi connectivity index (χ0v) is 56.2. The SMILES string of the molecule is COC(=O)CCCCCN(CC(=O)NC1CCc2ccccc21)CC(=O)NC1CCc2ccccc21.NC1CCc2ccccc21.O=C(CCCCCN(CC(=O)NC1CCc2ccccc21)CC(=O)NC1CCc2ccccc21)NO.O=C(CCl)NC1CCc2ccccc21. The van der Waals surface area contributed by atoms with Crippen LogP contribution in [0.4, 0.5) is 0 Å². The molecule has 19 heteroatoms. The third kappa shape index (κ3) is 21.4. The number of rotatable bonds is 26. The average Bonchev–Trinajstić information content (AvgIpc) is 1.82. The first-order chi connectivity index (χ1) is 46.7. The first-order valence-corrected chi connectivity index (χ1v) is 35.0. The number of ether oxygens (including phenoxy) is 1. The van der Waals surface area contributed by atoms with E-state index in [9.17, 15) is 33.6 Å². The summed E-state index contributed by atoms with van der Waals surface area (Å²) in [6.07, 6.45) is 16.9. The Morgan fingerprint density at radius 2 is 0.677 bits per heavy atom. The molecule has 0 fully saturated rings. The van der Waals surface area contributed by atoms with Gasteiger partial charge in [0, 0.05) is 18.9 Å². The van der Waals surface area contributed by atoms with Gasteiger partial charge in [0.15, 0.2) is 0 Å². The van der Waals surface area contributed by atoms with E-state index in [0.717, 1.165) is 109 Å². The molecule has 6 unspecified atom stereocenters. The van der Waals surface area contributed by atoms with Gasteiger partial charge in [0.1, 0.15) is 5.88 Å². The number of nitrogens with one attached hydrogen (secondary N) is 6. The van der Waals surface area contributed by atoms with Crippen LogP contribution >= 0.6 is 11.6 Å². The van der Waals surface area contributed by atoms with E-state index in [2.05, 4.69) is 112 Å². The summed E-state index contributed by atoms with van der Waals surface area (Å²) < 4.78 is 4.70. The van der Waals surface area contributed by atoms with E-state index in [1.807, 2.05) is 70.5 Å². The highest BCUT2D eigenvalue weighted by atomic mass is 35.5. The van der Waals surface area contributed by atoms with Crippen molar-refractivity contribution in [1.29, 1.82) is 0 Å². The second kappa shape index (κ2) is 37.3. The predicted molar refractivity (Wildman–Crippen MR) is 372 cm³/mol. The fraction of sp³-hybridized carbons (Fsp3) is 0.442. The van der Waals surface area contributed by atoms with Gasteiger partial charge in [-0.2, -0.15) is 0 Å². The molecule has 6 aromatic rings. The molecular weight excluding hydrogens is 1230 g/mol. The number of hydroxylamine groups is 1. The number of nitrogens with two attached hydrogens (primary N) is 1. The molecule has 96 heavy (non-hydrogen) atoms. The molecule has 12 rings (SSSR count). The van der Waals surface area contributed by atoms with Gasteiger partial charge < -0.3 is 37.1 Å². The van der Waals surface area contributed by atoms with Gasteiger partial charge in [0.05, 0.1) is 63.5 Å². The van der Waals surface area contributed by atoms with Crippen LogP contribution in [0, 0.1) is 0 Å². The number of carbonyl (C=O) groups excluding carboxylic acids is 7. The van der Waals surface area contributed by atoms with E-state index in [1.54, 1.807) is 5.48 Å². The minimum Gasteiger partial charge on any atom is -0.469 e. The summed E-state index contributed by atoms with van der Waals surface area (Å²) in [5.41, 5.74) is 22.7. The van der Waals surface area contributed by atoms with Crippen LogP contribution in [0.25, 0.3) is 0 Å². The normalized spacial score (nSPS) is 18.6. The zero-order chi connectivity index (χ0) is 67.6. The van der Waals surface area contributed by atoms with Crippen molar-refractivity contribution in [1.82, 2.24) is 41.9 Å². The van der Waals surface area contributed by atoms with Crippen LogP contribution in [0.15, 0.2) is 146 Å². The number of fused-ring (bicyclic) bond motifs is 6. The number of methoxy groups -OCH3 is 1. The Hall–Kier alpha value is -8.26. The number of hydrogen-bond donors (Lipinski definition) is 8. The Balaban J connectivity index is 0.000000168. The minimum absolute atomic E-state index is 0.0105. The Morgan fingerprint density at radius 3 is 0.979 bits per heavy atom. The average molecular weight is 1330 g/mol. The third-order valence-corrected chi connectivity index (χ3v) is 19.4. The van der Waals surface area contributed by atoms with Crippen molar-refractivity contribution < 1.29 is 43.5 Å². The lowest BCUT2D eigenvalue weighted by atomic mass is 10.1. The van der Waals surface area contributed by atoms with Crippen molar-refractivity contribution in [3.63, 3.8) is 0 Å².